The van der Waals surface area contributed by atoms with E-state index in [4.69, 9.17) is 0 Å². The Balaban J connectivity index is 3.00. The standard InChI is InChI=1S/C13H26F2N2/c1-9(2)11-10(12(14)15)8-16-6-7-17(11)13(3,4)5/h9-12,16H,6-8H2,1-5H3. The van der Waals surface area contributed by atoms with Crippen LogP contribution in [0.3, 0.4) is 0 Å². The maximum Gasteiger partial charge on any atom is 0.244 e. The highest BCUT2D eigenvalue weighted by molar-refractivity contribution is 4.93. The van der Waals surface area contributed by atoms with Crippen molar-refractivity contribution in [3.63, 3.8) is 0 Å². The van der Waals surface area contributed by atoms with Gasteiger partial charge in [0.2, 0.25) is 6.43 Å². The van der Waals surface area contributed by atoms with Crippen molar-refractivity contribution in [2.75, 3.05) is 19.6 Å². The highest BCUT2D eigenvalue weighted by atomic mass is 19.3. The van der Waals surface area contributed by atoms with Gasteiger partial charge in [0.1, 0.15) is 0 Å². The summed E-state index contributed by atoms with van der Waals surface area (Å²) < 4.78 is 26.4. The SMILES string of the molecule is CC(C)C1C(C(F)F)CNCCN1C(C)(C)C. The second-order valence-corrected chi connectivity index (χ2v) is 6.30. The van der Waals surface area contributed by atoms with Gasteiger partial charge in [-0.1, -0.05) is 13.8 Å². The van der Waals surface area contributed by atoms with Crippen LogP contribution in [0.4, 0.5) is 8.78 Å². The van der Waals surface area contributed by atoms with Crippen LogP contribution in [-0.2, 0) is 0 Å². The maximum atomic E-state index is 13.2. The average Bonchev–Trinajstić information content (AvgIpc) is 2.37. The van der Waals surface area contributed by atoms with E-state index in [1.807, 2.05) is 13.8 Å². The summed E-state index contributed by atoms with van der Waals surface area (Å²) in [7, 11) is 0. The first-order chi connectivity index (χ1) is 7.75. The minimum absolute atomic E-state index is 0.0509. The minimum Gasteiger partial charge on any atom is -0.315 e. The van der Waals surface area contributed by atoms with Crippen LogP contribution in [-0.4, -0.2) is 42.5 Å². The van der Waals surface area contributed by atoms with Gasteiger partial charge in [-0.3, -0.25) is 4.90 Å². The Bertz CT molecular complexity index is 236. The summed E-state index contributed by atoms with van der Waals surface area (Å²) in [5, 5.41) is 3.14. The Labute approximate surface area is 104 Å². The highest BCUT2D eigenvalue weighted by Gasteiger charge is 2.41. The summed E-state index contributed by atoms with van der Waals surface area (Å²) in [4.78, 5) is 2.24. The number of nitrogens with zero attached hydrogens (tertiary/aromatic N) is 1. The van der Waals surface area contributed by atoms with Gasteiger partial charge in [0.15, 0.2) is 0 Å². The van der Waals surface area contributed by atoms with Crippen LogP contribution < -0.4 is 5.32 Å². The van der Waals surface area contributed by atoms with E-state index in [0.717, 1.165) is 13.1 Å². The number of nitrogens with one attached hydrogen (secondary N) is 1. The molecule has 0 aromatic heterocycles. The van der Waals surface area contributed by atoms with E-state index in [1.54, 1.807) is 0 Å². The molecule has 1 aliphatic heterocycles. The zero-order chi connectivity index (χ0) is 13.2. The smallest absolute Gasteiger partial charge is 0.244 e. The second kappa shape index (κ2) is 5.61. The average molecular weight is 248 g/mol. The Morgan fingerprint density at radius 1 is 1.24 bits per heavy atom. The fraction of sp³-hybridized carbons (Fsp3) is 1.00. The molecule has 1 saturated heterocycles. The summed E-state index contributed by atoms with van der Waals surface area (Å²) in [6.45, 7) is 12.5. The molecule has 102 valence electrons. The molecule has 1 rings (SSSR count). The molecule has 2 atom stereocenters. The van der Waals surface area contributed by atoms with Gasteiger partial charge in [0.25, 0.3) is 0 Å². The monoisotopic (exact) mass is 248 g/mol. The lowest BCUT2D eigenvalue weighted by molar-refractivity contribution is -0.0247. The van der Waals surface area contributed by atoms with E-state index in [1.165, 1.54) is 0 Å². The predicted molar refractivity (Wildman–Crippen MR) is 67.4 cm³/mol. The summed E-state index contributed by atoms with van der Waals surface area (Å²) in [6.07, 6.45) is -2.25. The van der Waals surface area contributed by atoms with E-state index < -0.39 is 12.3 Å². The fourth-order valence-corrected chi connectivity index (χ4v) is 2.84. The Morgan fingerprint density at radius 3 is 2.24 bits per heavy atom. The van der Waals surface area contributed by atoms with Crippen LogP contribution in [0.25, 0.3) is 0 Å². The Morgan fingerprint density at radius 2 is 1.82 bits per heavy atom. The van der Waals surface area contributed by atoms with Gasteiger partial charge in [-0.2, -0.15) is 0 Å². The predicted octanol–water partition coefficient (Wildman–Crippen LogP) is 2.60. The lowest BCUT2D eigenvalue weighted by Crippen LogP contribution is -2.54. The number of hydrogen-bond donors (Lipinski definition) is 1. The first-order valence-corrected chi connectivity index (χ1v) is 6.50. The summed E-state index contributed by atoms with van der Waals surface area (Å²) in [6, 6.07) is -0.0509. The normalized spacial score (nSPS) is 28.8. The van der Waals surface area contributed by atoms with Crippen molar-refractivity contribution in [1.29, 1.82) is 0 Å². The summed E-state index contributed by atoms with van der Waals surface area (Å²) in [5.74, 6) is -0.329. The molecule has 2 unspecified atom stereocenters. The highest BCUT2D eigenvalue weighted by Crippen LogP contribution is 2.31. The van der Waals surface area contributed by atoms with Gasteiger partial charge in [-0.05, 0) is 26.7 Å². The van der Waals surface area contributed by atoms with Gasteiger partial charge < -0.3 is 5.32 Å². The van der Waals surface area contributed by atoms with E-state index in [2.05, 4.69) is 31.0 Å². The van der Waals surface area contributed by atoms with Gasteiger partial charge >= 0.3 is 0 Å². The number of hydrogen-bond acceptors (Lipinski definition) is 2. The molecule has 0 radical (unpaired) electrons. The van der Waals surface area contributed by atoms with Gasteiger partial charge in [-0.15, -0.1) is 0 Å². The van der Waals surface area contributed by atoms with Crippen LogP contribution in [0.5, 0.6) is 0 Å². The Hall–Kier alpha value is -0.220. The molecule has 1 heterocycles. The quantitative estimate of drug-likeness (QED) is 0.808. The van der Waals surface area contributed by atoms with Crippen molar-refractivity contribution in [1.82, 2.24) is 10.2 Å². The van der Waals surface area contributed by atoms with E-state index in [9.17, 15) is 8.78 Å². The molecule has 2 nitrogen and oxygen atoms in total. The van der Waals surface area contributed by atoms with Gasteiger partial charge in [0, 0.05) is 37.1 Å². The van der Waals surface area contributed by atoms with Crippen molar-refractivity contribution in [2.45, 2.75) is 52.6 Å². The van der Waals surface area contributed by atoms with E-state index in [-0.39, 0.29) is 17.5 Å². The molecular formula is C13H26F2N2. The topological polar surface area (TPSA) is 15.3 Å². The van der Waals surface area contributed by atoms with E-state index in [0.29, 0.717) is 6.54 Å². The zero-order valence-electron chi connectivity index (χ0n) is 11.6. The zero-order valence-corrected chi connectivity index (χ0v) is 11.6. The molecule has 1 N–H and O–H groups in total. The first-order valence-electron chi connectivity index (χ1n) is 6.50. The summed E-state index contributed by atoms with van der Waals surface area (Å²) in [5.41, 5.74) is -0.0614. The lowest BCUT2D eigenvalue weighted by Gasteiger charge is -2.45. The summed E-state index contributed by atoms with van der Waals surface area (Å²) >= 11 is 0. The molecule has 0 aliphatic carbocycles. The third kappa shape index (κ3) is 3.62. The molecule has 0 aromatic rings. The van der Waals surface area contributed by atoms with Crippen molar-refractivity contribution in [3.8, 4) is 0 Å². The fourth-order valence-electron chi connectivity index (χ4n) is 2.84. The number of alkyl halides is 2. The van der Waals surface area contributed by atoms with Crippen LogP contribution in [0.2, 0.25) is 0 Å². The molecule has 1 fully saturated rings. The van der Waals surface area contributed by atoms with Crippen LogP contribution >= 0.6 is 0 Å². The van der Waals surface area contributed by atoms with Crippen LogP contribution in [0.1, 0.15) is 34.6 Å². The van der Waals surface area contributed by atoms with Crippen molar-refractivity contribution in [2.24, 2.45) is 11.8 Å². The third-order valence-corrected chi connectivity index (χ3v) is 3.58. The van der Waals surface area contributed by atoms with E-state index >= 15 is 0 Å². The minimum atomic E-state index is -2.25. The molecule has 0 aromatic carbocycles. The van der Waals surface area contributed by atoms with Gasteiger partial charge in [-0.25, -0.2) is 8.78 Å². The maximum absolute atomic E-state index is 13.2. The lowest BCUT2D eigenvalue weighted by atomic mass is 9.86. The number of rotatable bonds is 2. The van der Waals surface area contributed by atoms with Crippen LogP contribution in [0.15, 0.2) is 0 Å². The van der Waals surface area contributed by atoms with Crippen molar-refractivity contribution < 1.29 is 8.78 Å². The molecule has 0 saturated carbocycles. The molecule has 0 spiro atoms. The largest absolute Gasteiger partial charge is 0.315 e. The van der Waals surface area contributed by atoms with Crippen molar-refractivity contribution >= 4 is 0 Å². The molecule has 4 heteroatoms. The van der Waals surface area contributed by atoms with Gasteiger partial charge in [0.05, 0.1) is 0 Å². The molecule has 1 aliphatic rings. The molecule has 17 heavy (non-hydrogen) atoms. The van der Waals surface area contributed by atoms with Crippen LogP contribution in [0, 0.1) is 11.8 Å². The number of halogens is 2. The molecule has 0 amide bonds. The van der Waals surface area contributed by atoms with Crippen molar-refractivity contribution in [3.05, 3.63) is 0 Å². The first kappa shape index (κ1) is 14.8. The molecular weight excluding hydrogens is 222 g/mol. The Kier molecular flexibility index (Phi) is 4.90. The second-order valence-electron chi connectivity index (χ2n) is 6.30. The molecule has 0 bridgehead atoms. The third-order valence-electron chi connectivity index (χ3n) is 3.58.